The minimum absolute atomic E-state index is 0.0495. The molecule has 1 amide bonds. The quantitative estimate of drug-likeness (QED) is 0.863. The van der Waals surface area contributed by atoms with Gasteiger partial charge in [0.05, 0.1) is 10.6 Å². The summed E-state index contributed by atoms with van der Waals surface area (Å²) in [5.74, 6) is -0.663. The van der Waals surface area contributed by atoms with Crippen LogP contribution in [0.2, 0.25) is 5.02 Å². The maximum Gasteiger partial charge on any atom is 0.252 e. The maximum atomic E-state index is 13.0. The zero-order chi connectivity index (χ0) is 14.7. The molecule has 0 saturated heterocycles. The molecule has 0 aromatic heterocycles. The van der Waals surface area contributed by atoms with Gasteiger partial charge in [-0.15, -0.1) is 0 Å². The summed E-state index contributed by atoms with van der Waals surface area (Å²) >= 11 is 9.09. The summed E-state index contributed by atoms with van der Waals surface area (Å²) in [7, 11) is 0. The number of hydrogen-bond acceptors (Lipinski definition) is 1. The van der Waals surface area contributed by atoms with Crippen molar-refractivity contribution in [2.24, 2.45) is 0 Å². The number of halogens is 3. The van der Waals surface area contributed by atoms with Gasteiger partial charge in [-0.2, -0.15) is 0 Å². The largest absolute Gasteiger partial charge is 0.348 e. The maximum absolute atomic E-state index is 13.0. The molecule has 0 aliphatic heterocycles. The Kier molecular flexibility index (Phi) is 4.78. The van der Waals surface area contributed by atoms with Crippen molar-refractivity contribution in [2.45, 2.75) is 13.5 Å². The van der Waals surface area contributed by atoms with E-state index in [2.05, 4.69) is 21.2 Å². The van der Waals surface area contributed by atoms with Crippen molar-refractivity contribution < 1.29 is 9.18 Å². The second kappa shape index (κ2) is 6.37. The van der Waals surface area contributed by atoms with E-state index in [9.17, 15) is 9.18 Å². The fourth-order valence-corrected chi connectivity index (χ4v) is 2.40. The van der Waals surface area contributed by atoms with E-state index in [4.69, 9.17) is 11.6 Å². The average Bonchev–Trinajstić information content (AvgIpc) is 2.43. The summed E-state index contributed by atoms with van der Waals surface area (Å²) in [6.07, 6.45) is 0. The predicted octanol–water partition coefficient (Wildman–Crippen LogP) is 4.48. The third-order valence-electron chi connectivity index (χ3n) is 2.87. The van der Waals surface area contributed by atoms with Gasteiger partial charge in [-0.25, -0.2) is 4.39 Å². The first-order valence-corrected chi connectivity index (χ1v) is 7.13. The van der Waals surface area contributed by atoms with Crippen molar-refractivity contribution in [2.75, 3.05) is 0 Å². The zero-order valence-corrected chi connectivity index (χ0v) is 13.1. The Morgan fingerprint density at radius 2 is 2.10 bits per heavy atom. The van der Waals surface area contributed by atoms with E-state index >= 15 is 0 Å². The Balaban J connectivity index is 2.08. The summed E-state index contributed by atoms with van der Waals surface area (Å²) in [5, 5.41) is 2.83. The molecule has 0 unspecified atom stereocenters. The highest BCUT2D eigenvalue weighted by Crippen LogP contribution is 2.21. The van der Waals surface area contributed by atoms with Crippen molar-refractivity contribution in [3.05, 3.63) is 68.4 Å². The summed E-state index contributed by atoms with van der Waals surface area (Å²) in [5.41, 5.74) is 2.30. The summed E-state index contributed by atoms with van der Waals surface area (Å²) in [6.45, 7) is 2.21. The van der Waals surface area contributed by atoms with Crippen LogP contribution in [-0.2, 0) is 6.54 Å². The van der Waals surface area contributed by atoms with E-state index in [1.165, 1.54) is 12.1 Å². The Bertz CT molecular complexity index is 660. The molecule has 0 spiro atoms. The number of hydrogen-bond donors (Lipinski definition) is 1. The lowest BCUT2D eigenvalue weighted by Crippen LogP contribution is -2.23. The molecule has 5 heteroatoms. The molecule has 0 saturated carbocycles. The Hall–Kier alpha value is -1.39. The number of rotatable bonds is 3. The third-order valence-corrected chi connectivity index (χ3v) is 4.22. The second-order valence-electron chi connectivity index (χ2n) is 4.37. The fraction of sp³-hybridized carbons (Fsp3) is 0.133. The summed E-state index contributed by atoms with van der Waals surface area (Å²) in [4.78, 5) is 12.1. The predicted molar refractivity (Wildman–Crippen MR) is 81.5 cm³/mol. The van der Waals surface area contributed by atoms with Crippen LogP contribution >= 0.6 is 27.5 Å². The van der Waals surface area contributed by atoms with Crippen LogP contribution in [0.25, 0.3) is 0 Å². The first-order chi connectivity index (χ1) is 9.49. The van der Waals surface area contributed by atoms with Crippen LogP contribution in [0.1, 0.15) is 21.5 Å². The van der Waals surface area contributed by atoms with Gasteiger partial charge in [-0.1, -0.05) is 29.8 Å². The van der Waals surface area contributed by atoms with Crippen molar-refractivity contribution in [3.8, 4) is 0 Å². The van der Waals surface area contributed by atoms with Crippen LogP contribution < -0.4 is 5.32 Å². The average molecular weight is 357 g/mol. The molecule has 104 valence electrons. The molecule has 0 aliphatic carbocycles. The molecule has 0 bridgehead atoms. The molecule has 1 N–H and O–H groups in total. The highest BCUT2D eigenvalue weighted by molar-refractivity contribution is 9.10. The van der Waals surface area contributed by atoms with Crippen molar-refractivity contribution in [1.29, 1.82) is 0 Å². The van der Waals surface area contributed by atoms with Gasteiger partial charge in [0.25, 0.3) is 5.91 Å². The Labute approximate surface area is 130 Å². The molecule has 2 rings (SSSR count). The summed E-state index contributed by atoms with van der Waals surface area (Å²) < 4.78 is 13.8. The summed E-state index contributed by atoms with van der Waals surface area (Å²) in [6, 6.07) is 9.86. The topological polar surface area (TPSA) is 29.1 Å². The van der Waals surface area contributed by atoms with Crippen molar-refractivity contribution in [3.63, 3.8) is 0 Å². The third kappa shape index (κ3) is 3.38. The van der Waals surface area contributed by atoms with E-state index in [1.54, 1.807) is 12.1 Å². The molecule has 0 heterocycles. The number of carbonyl (C=O) groups is 1. The second-order valence-corrected chi connectivity index (χ2v) is 5.57. The highest BCUT2D eigenvalue weighted by Gasteiger charge is 2.11. The lowest BCUT2D eigenvalue weighted by molar-refractivity contribution is 0.0950. The molecule has 0 atom stereocenters. The van der Waals surface area contributed by atoms with E-state index in [0.717, 1.165) is 15.6 Å². The number of benzene rings is 2. The fourth-order valence-electron chi connectivity index (χ4n) is 1.75. The van der Waals surface area contributed by atoms with Gasteiger partial charge >= 0.3 is 0 Å². The van der Waals surface area contributed by atoms with Gasteiger partial charge in [0.2, 0.25) is 0 Å². The SMILES string of the molecule is Cc1cccc(C(=O)NCc2ccc(F)c(Cl)c2)c1Br. The molecule has 0 aliphatic rings. The van der Waals surface area contributed by atoms with E-state index in [1.807, 2.05) is 19.1 Å². The molecule has 2 aromatic carbocycles. The van der Waals surface area contributed by atoms with Gasteiger partial charge in [0.15, 0.2) is 0 Å². The molecule has 0 fully saturated rings. The smallest absolute Gasteiger partial charge is 0.252 e. The van der Waals surface area contributed by atoms with Gasteiger partial charge in [-0.05, 0) is 52.2 Å². The van der Waals surface area contributed by atoms with Crippen LogP contribution in [0, 0.1) is 12.7 Å². The molecular formula is C15H12BrClFNO. The van der Waals surface area contributed by atoms with E-state index in [-0.39, 0.29) is 10.9 Å². The Morgan fingerprint density at radius 3 is 2.80 bits per heavy atom. The number of amides is 1. The molecule has 2 aromatic rings. The van der Waals surface area contributed by atoms with Gasteiger partial charge in [-0.3, -0.25) is 4.79 Å². The molecule has 2 nitrogen and oxygen atoms in total. The van der Waals surface area contributed by atoms with Crippen LogP contribution in [0.15, 0.2) is 40.9 Å². The van der Waals surface area contributed by atoms with Crippen LogP contribution in [0.3, 0.4) is 0 Å². The molecular weight excluding hydrogens is 345 g/mol. The van der Waals surface area contributed by atoms with Crippen LogP contribution in [0.5, 0.6) is 0 Å². The molecule has 20 heavy (non-hydrogen) atoms. The molecule has 0 radical (unpaired) electrons. The first kappa shape index (κ1) is 15.0. The lowest BCUT2D eigenvalue weighted by atomic mass is 10.1. The lowest BCUT2D eigenvalue weighted by Gasteiger charge is -2.09. The van der Waals surface area contributed by atoms with Crippen LogP contribution in [-0.4, -0.2) is 5.91 Å². The van der Waals surface area contributed by atoms with E-state index in [0.29, 0.717) is 12.1 Å². The normalized spacial score (nSPS) is 10.4. The van der Waals surface area contributed by atoms with E-state index < -0.39 is 5.82 Å². The number of aryl methyl sites for hydroxylation is 1. The van der Waals surface area contributed by atoms with Gasteiger partial charge < -0.3 is 5.32 Å². The minimum Gasteiger partial charge on any atom is -0.348 e. The van der Waals surface area contributed by atoms with Crippen molar-refractivity contribution in [1.82, 2.24) is 5.32 Å². The number of nitrogens with one attached hydrogen (secondary N) is 1. The van der Waals surface area contributed by atoms with Gasteiger partial charge in [0, 0.05) is 11.0 Å². The minimum atomic E-state index is -0.469. The monoisotopic (exact) mass is 355 g/mol. The highest BCUT2D eigenvalue weighted by atomic mass is 79.9. The van der Waals surface area contributed by atoms with Crippen LogP contribution in [0.4, 0.5) is 4.39 Å². The number of carbonyl (C=O) groups excluding carboxylic acids is 1. The standard InChI is InChI=1S/C15H12BrClFNO/c1-9-3-2-4-11(14(9)16)15(20)19-8-10-5-6-13(18)12(17)7-10/h2-7H,8H2,1H3,(H,19,20). The zero-order valence-electron chi connectivity index (χ0n) is 10.7. The van der Waals surface area contributed by atoms with Crippen molar-refractivity contribution >= 4 is 33.4 Å². The Morgan fingerprint density at radius 1 is 1.35 bits per heavy atom. The first-order valence-electron chi connectivity index (χ1n) is 5.96. The van der Waals surface area contributed by atoms with Gasteiger partial charge in [0.1, 0.15) is 5.82 Å².